The first-order valence-electron chi connectivity index (χ1n) is 3.21. The molecular formula is C6H13N3. The average Bonchev–Trinajstić information content (AvgIpc) is 2.48. The van der Waals surface area contributed by atoms with Gasteiger partial charge in [-0.15, -0.1) is 0 Å². The maximum atomic E-state index is 7.02. The van der Waals surface area contributed by atoms with Gasteiger partial charge in [0.2, 0.25) is 0 Å². The molecular weight excluding hydrogens is 114 g/mol. The van der Waals surface area contributed by atoms with Crippen molar-refractivity contribution in [3.05, 3.63) is 0 Å². The van der Waals surface area contributed by atoms with Gasteiger partial charge in [0.05, 0.1) is 5.84 Å². The highest BCUT2D eigenvalue weighted by molar-refractivity contribution is 5.78. The number of amidine groups is 1. The van der Waals surface area contributed by atoms with Gasteiger partial charge in [0.25, 0.3) is 0 Å². The fourth-order valence-electron chi connectivity index (χ4n) is 1.03. The van der Waals surface area contributed by atoms with Crippen LogP contribution in [0.25, 0.3) is 0 Å². The topological polar surface area (TPSA) is 75.9 Å². The maximum absolute atomic E-state index is 7.02. The van der Waals surface area contributed by atoms with Gasteiger partial charge in [0, 0.05) is 6.42 Å². The fraction of sp³-hybridized carbons (Fsp3) is 0.833. The Morgan fingerprint density at radius 2 is 2.11 bits per heavy atom. The molecule has 0 bridgehead atoms. The van der Waals surface area contributed by atoms with Gasteiger partial charge >= 0.3 is 0 Å². The molecule has 0 spiro atoms. The minimum absolute atomic E-state index is 0.242. The van der Waals surface area contributed by atoms with E-state index in [1.807, 2.05) is 0 Å². The van der Waals surface area contributed by atoms with E-state index in [1.165, 1.54) is 0 Å². The summed E-state index contributed by atoms with van der Waals surface area (Å²) in [6.45, 7) is 0.687. The average molecular weight is 127 g/mol. The molecule has 1 rings (SSSR count). The van der Waals surface area contributed by atoms with Crippen molar-refractivity contribution >= 4 is 5.84 Å². The lowest BCUT2D eigenvalue weighted by molar-refractivity contribution is 0.545. The molecule has 52 valence electrons. The van der Waals surface area contributed by atoms with E-state index < -0.39 is 0 Å². The Bertz CT molecular complexity index is 126. The largest absolute Gasteiger partial charge is 0.388 e. The molecule has 0 saturated heterocycles. The van der Waals surface area contributed by atoms with E-state index in [2.05, 4.69) is 0 Å². The summed E-state index contributed by atoms with van der Waals surface area (Å²) in [4.78, 5) is 0. The van der Waals surface area contributed by atoms with Crippen LogP contribution in [-0.4, -0.2) is 12.4 Å². The van der Waals surface area contributed by atoms with Crippen molar-refractivity contribution in [3.63, 3.8) is 0 Å². The Hall–Kier alpha value is -0.570. The second-order valence-electron chi connectivity index (χ2n) is 2.91. The van der Waals surface area contributed by atoms with Crippen LogP contribution in [0.3, 0.4) is 0 Å². The van der Waals surface area contributed by atoms with E-state index in [1.54, 1.807) is 0 Å². The number of hydrogen-bond donors (Lipinski definition) is 3. The smallest absolute Gasteiger partial charge is 0.0911 e. The maximum Gasteiger partial charge on any atom is 0.0911 e. The molecule has 0 aromatic heterocycles. The highest BCUT2D eigenvalue weighted by atomic mass is 14.7. The molecule has 1 saturated carbocycles. The molecule has 9 heavy (non-hydrogen) atoms. The lowest BCUT2D eigenvalue weighted by Crippen LogP contribution is -2.22. The lowest BCUT2D eigenvalue weighted by atomic mass is 10.0. The van der Waals surface area contributed by atoms with Crippen molar-refractivity contribution in [1.82, 2.24) is 0 Å². The van der Waals surface area contributed by atoms with Crippen molar-refractivity contribution in [2.45, 2.75) is 19.3 Å². The summed E-state index contributed by atoms with van der Waals surface area (Å²) in [6.07, 6.45) is 3.01. The van der Waals surface area contributed by atoms with Crippen LogP contribution in [0.5, 0.6) is 0 Å². The van der Waals surface area contributed by atoms with Crippen LogP contribution >= 0.6 is 0 Å². The molecule has 0 unspecified atom stereocenters. The summed E-state index contributed by atoms with van der Waals surface area (Å²) < 4.78 is 0. The summed E-state index contributed by atoms with van der Waals surface area (Å²) in [5, 5.41) is 7.02. The van der Waals surface area contributed by atoms with Crippen molar-refractivity contribution < 1.29 is 0 Å². The molecule has 0 aromatic rings. The van der Waals surface area contributed by atoms with Crippen LogP contribution in [0.4, 0.5) is 0 Å². The molecule has 3 heteroatoms. The van der Waals surface area contributed by atoms with Gasteiger partial charge in [-0.2, -0.15) is 0 Å². The Balaban J connectivity index is 2.33. The quantitative estimate of drug-likeness (QED) is 0.370. The zero-order chi connectivity index (χ0) is 6.91. The van der Waals surface area contributed by atoms with Crippen LogP contribution in [0.15, 0.2) is 0 Å². The van der Waals surface area contributed by atoms with Crippen LogP contribution in [0.1, 0.15) is 19.3 Å². The van der Waals surface area contributed by atoms with Gasteiger partial charge in [0.1, 0.15) is 0 Å². The van der Waals surface area contributed by atoms with Gasteiger partial charge in [0.15, 0.2) is 0 Å². The van der Waals surface area contributed by atoms with Crippen LogP contribution in [0.2, 0.25) is 0 Å². The first-order valence-corrected chi connectivity index (χ1v) is 3.21. The molecule has 0 atom stereocenters. The first-order chi connectivity index (χ1) is 4.18. The van der Waals surface area contributed by atoms with Crippen LogP contribution in [-0.2, 0) is 0 Å². The Morgan fingerprint density at radius 1 is 1.56 bits per heavy atom. The molecule has 5 N–H and O–H groups in total. The summed E-state index contributed by atoms with van der Waals surface area (Å²) in [6, 6.07) is 0. The summed E-state index contributed by atoms with van der Waals surface area (Å²) in [5.41, 5.74) is 10.9. The van der Waals surface area contributed by atoms with E-state index in [4.69, 9.17) is 16.9 Å². The van der Waals surface area contributed by atoms with Crippen molar-refractivity contribution in [1.29, 1.82) is 5.41 Å². The molecule has 1 fully saturated rings. The fourth-order valence-corrected chi connectivity index (χ4v) is 1.03. The van der Waals surface area contributed by atoms with Crippen molar-refractivity contribution in [2.75, 3.05) is 6.54 Å². The second kappa shape index (κ2) is 1.99. The van der Waals surface area contributed by atoms with E-state index in [-0.39, 0.29) is 11.3 Å². The highest BCUT2D eigenvalue weighted by Gasteiger charge is 2.41. The predicted molar refractivity (Wildman–Crippen MR) is 37.3 cm³/mol. The molecule has 1 aliphatic rings. The van der Waals surface area contributed by atoms with Gasteiger partial charge in [-0.25, -0.2) is 0 Å². The van der Waals surface area contributed by atoms with Crippen molar-refractivity contribution in [3.8, 4) is 0 Å². The SMILES string of the molecule is N=C(N)CC1(CN)CC1. The van der Waals surface area contributed by atoms with E-state index in [0.717, 1.165) is 12.8 Å². The van der Waals surface area contributed by atoms with E-state index in [9.17, 15) is 0 Å². The standard InChI is InChI=1S/C6H13N3/c7-4-6(1-2-6)3-5(8)9/h1-4,7H2,(H3,8,9). The molecule has 0 heterocycles. The minimum atomic E-state index is 0.242. The van der Waals surface area contributed by atoms with Crippen LogP contribution in [0, 0.1) is 10.8 Å². The molecule has 1 aliphatic carbocycles. The van der Waals surface area contributed by atoms with E-state index >= 15 is 0 Å². The number of rotatable bonds is 3. The van der Waals surface area contributed by atoms with Crippen molar-refractivity contribution in [2.24, 2.45) is 16.9 Å². The van der Waals surface area contributed by atoms with Gasteiger partial charge in [-0.05, 0) is 24.8 Å². The Kier molecular flexibility index (Phi) is 1.45. The number of nitrogens with one attached hydrogen (secondary N) is 1. The predicted octanol–water partition coefficient (Wildman–Crippen LogP) is 0.0514. The molecule has 0 aromatic carbocycles. The monoisotopic (exact) mass is 127 g/mol. The van der Waals surface area contributed by atoms with Gasteiger partial charge < -0.3 is 11.5 Å². The normalized spacial score (nSPS) is 21.4. The molecule has 3 nitrogen and oxygen atoms in total. The second-order valence-corrected chi connectivity index (χ2v) is 2.91. The summed E-state index contributed by atoms with van der Waals surface area (Å²) in [7, 11) is 0. The zero-order valence-corrected chi connectivity index (χ0v) is 5.48. The minimum Gasteiger partial charge on any atom is -0.388 e. The third kappa shape index (κ3) is 1.42. The molecule has 0 aliphatic heterocycles. The van der Waals surface area contributed by atoms with Gasteiger partial charge in [-0.3, -0.25) is 5.41 Å². The third-order valence-corrected chi connectivity index (χ3v) is 1.96. The molecule has 0 radical (unpaired) electrons. The summed E-state index contributed by atoms with van der Waals surface area (Å²) >= 11 is 0. The number of hydrogen-bond acceptors (Lipinski definition) is 2. The molecule has 0 amide bonds. The third-order valence-electron chi connectivity index (χ3n) is 1.96. The summed E-state index contributed by atoms with van der Waals surface area (Å²) in [5.74, 6) is 0.276. The van der Waals surface area contributed by atoms with E-state index in [0.29, 0.717) is 13.0 Å². The van der Waals surface area contributed by atoms with Gasteiger partial charge in [-0.1, -0.05) is 0 Å². The number of nitrogens with two attached hydrogens (primary N) is 2. The first kappa shape index (κ1) is 6.55. The lowest BCUT2D eigenvalue weighted by Gasteiger charge is -2.08. The Morgan fingerprint density at radius 3 is 2.22 bits per heavy atom. The zero-order valence-electron chi connectivity index (χ0n) is 5.48. The Labute approximate surface area is 54.9 Å². The van der Waals surface area contributed by atoms with Crippen LogP contribution < -0.4 is 11.5 Å². The highest BCUT2D eigenvalue weighted by Crippen LogP contribution is 2.47.